The van der Waals surface area contributed by atoms with Gasteiger partial charge in [0.25, 0.3) is 5.91 Å². The second-order valence-electron chi connectivity index (χ2n) is 5.17. The maximum Gasteiger partial charge on any atom is 0.263 e. The van der Waals surface area contributed by atoms with Crippen LogP contribution >= 0.6 is 11.3 Å². The average Bonchev–Trinajstić information content (AvgIpc) is 3.01. The van der Waals surface area contributed by atoms with Gasteiger partial charge in [0.15, 0.2) is 0 Å². The summed E-state index contributed by atoms with van der Waals surface area (Å²) in [4.78, 5) is 16.1. The van der Waals surface area contributed by atoms with E-state index in [0.29, 0.717) is 12.1 Å². The molecule has 1 aliphatic rings. The molecule has 0 atom stereocenters. The first-order valence-corrected chi connectivity index (χ1v) is 7.57. The van der Waals surface area contributed by atoms with Crippen molar-refractivity contribution in [1.29, 1.82) is 0 Å². The second kappa shape index (κ2) is 5.37. The highest BCUT2D eigenvalue weighted by Gasteiger charge is 2.21. The Labute approximate surface area is 121 Å². The van der Waals surface area contributed by atoms with E-state index in [1.54, 1.807) is 41.5 Å². The van der Waals surface area contributed by atoms with E-state index >= 15 is 0 Å². The minimum absolute atomic E-state index is 0.0207. The van der Waals surface area contributed by atoms with Crippen molar-refractivity contribution >= 4 is 17.2 Å². The molecule has 1 aliphatic carbocycles. The molecule has 0 N–H and O–H groups in total. The first-order chi connectivity index (χ1) is 9.65. The van der Waals surface area contributed by atoms with Gasteiger partial charge in [-0.3, -0.25) is 4.79 Å². The molecule has 104 valence electrons. The van der Waals surface area contributed by atoms with Gasteiger partial charge < -0.3 is 4.90 Å². The number of thiophene rings is 1. The van der Waals surface area contributed by atoms with Crippen LogP contribution in [0.3, 0.4) is 0 Å². The fraction of sp³-hybridized carbons (Fsp3) is 0.312. The van der Waals surface area contributed by atoms with Gasteiger partial charge in [0.1, 0.15) is 5.82 Å². The van der Waals surface area contributed by atoms with Gasteiger partial charge in [0, 0.05) is 24.0 Å². The molecule has 0 spiro atoms. The molecule has 0 radical (unpaired) electrons. The Morgan fingerprint density at radius 1 is 1.35 bits per heavy atom. The van der Waals surface area contributed by atoms with E-state index in [1.807, 2.05) is 6.07 Å². The number of carbonyl (C=O) groups is 1. The number of hydrogen-bond acceptors (Lipinski definition) is 2. The third kappa shape index (κ3) is 2.48. The topological polar surface area (TPSA) is 20.3 Å². The zero-order valence-electron chi connectivity index (χ0n) is 11.4. The number of benzene rings is 1. The number of amides is 1. The van der Waals surface area contributed by atoms with Crippen molar-refractivity contribution in [2.45, 2.75) is 25.8 Å². The van der Waals surface area contributed by atoms with Crippen molar-refractivity contribution in [3.05, 3.63) is 57.0 Å². The summed E-state index contributed by atoms with van der Waals surface area (Å²) in [6, 6.07) is 8.59. The summed E-state index contributed by atoms with van der Waals surface area (Å²) in [7, 11) is 1.72. The van der Waals surface area contributed by atoms with Gasteiger partial charge in [-0.05, 0) is 37.0 Å². The highest BCUT2D eigenvalue weighted by atomic mass is 32.1. The van der Waals surface area contributed by atoms with Crippen LogP contribution in [0.15, 0.2) is 30.3 Å². The molecule has 1 aromatic heterocycles. The molecule has 0 unspecified atom stereocenters. The van der Waals surface area contributed by atoms with Crippen LogP contribution in [0.25, 0.3) is 0 Å². The molecule has 20 heavy (non-hydrogen) atoms. The van der Waals surface area contributed by atoms with Crippen LogP contribution in [0.1, 0.15) is 32.1 Å². The fourth-order valence-electron chi connectivity index (χ4n) is 2.58. The normalized spacial score (nSPS) is 13.3. The summed E-state index contributed by atoms with van der Waals surface area (Å²) in [5.41, 5.74) is 1.87. The highest BCUT2D eigenvalue weighted by Crippen LogP contribution is 2.31. The van der Waals surface area contributed by atoms with Gasteiger partial charge >= 0.3 is 0 Å². The van der Waals surface area contributed by atoms with Gasteiger partial charge in [0.05, 0.1) is 4.88 Å². The summed E-state index contributed by atoms with van der Waals surface area (Å²) in [5, 5.41) is 0. The van der Waals surface area contributed by atoms with Crippen LogP contribution in [0.4, 0.5) is 4.39 Å². The Morgan fingerprint density at radius 2 is 2.15 bits per heavy atom. The van der Waals surface area contributed by atoms with Gasteiger partial charge in [-0.15, -0.1) is 11.3 Å². The molecule has 0 aliphatic heterocycles. The lowest BCUT2D eigenvalue weighted by Crippen LogP contribution is -2.25. The molecule has 0 saturated heterocycles. The number of carbonyl (C=O) groups excluding carboxylic acids is 1. The molecule has 0 fully saturated rings. The van der Waals surface area contributed by atoms with Crippen LogP contribution in [-0.2, 0) is 19.4 Å². The molecule has 2 nitrogen and oxygen atoms in total. The molecule has 2 aromatic rings. The Balaban J connectivity index is 1.75. The molecular formula is C16H16FNOS. The summed E-state index contributed by atoms with van der Waals surface area (Å²) in [5.74, 6) is -0.284. The molecule has 1 heterocycles. The van der Waals surface area contributed by atoms with E-state index in [4.69, 9.17) is 0 Å². The van der Waals surface area contributed by atoms with Crippen LogP contribution in [0.5, 0.6) is 0 Å². The molecule has 3 rings (SSSR count). The second-order valence-corrected chi connectivity index (χ2v) is 6.30. The first-order valence-electron chi connectivity index (χ1n) is 6.75. The minimum atomic E-state index is -0.263. The Hall–Kier alpha value is -1.68. The van der Waals surface area contributed by atoms with Crippen LogP contribution in [0.2, 0.25) is 0 Å². The van der Waals surface area contributed by atoms with Gasteiger partial charge in [-0.25, -0.2) is 4.39 Å². The summed E-state index contributed by atoms with van der Waals surface area (Å²) in [6.07, 6.45) is 3.36. The number of aryl methyl sites for hydroxylation is 2. The molecule has 0 saturated carbocycles. The summed E-state index contributed by atoms with van der Waals surface area (Å²) in [6.45, 7) is 0.300. The monoisotopic (exact) mass is 289 g/mol. The summed E-state index contributed by atoms with van der Waals surface area (Å²) < 4.78 is 13.6. The highest BCUT2D eigenvalue weighted by molar-refractivity contribution is 7.14. The van der Waals surface area contributed by atoms with Crippen LogP contribution < -0.4 is 0 Å². The molecule has 1 aromatic carbocycles. The van der Waals surface area contributed by atoms with E-state index in [9.17, 15) is 9.18 Å². The maximum atomic E-state index is 13.6. The SMILES string of the molecule is CN(Cc1ccccc1F)C(=O)c1cc2c(s1)CCC2. The van der Waals surface area contributed by atoms with Crippen molar-refractivity contribution in [2.75, 3.05) is 7.05 Å². The predicted molar refractivity (Wildman–Crippen MR) is 78.5 cm³/mol. The lowest BCUT2D eigenvalue weighted by atomic mass is 10.2. The Bertz CT molecular complexity index is 628. The van der Waals surface area contributed by atoms with Gasteiger partial charge in [-0.2, -0.15) is 0 Å². The van der Waals surface area contributed by atoms with Crippen LogP contribution in [-0.4, -0.2) is 17.9 Å². The zero-order chi connectivity index (χ0) is 14.1. The number of fused-ring (bicyclic) bond motifs is 1. The predicted octanol–water partition coefficient (Wildman–Crippen LogP) is 3.65. The Kier molecular flexibility index (Phi) is 3.57. The van der Waals surface area contributed by atoms with Crippen molar-refractivity contribution < 1.29 is 9.18 Å². The van der Waals surface area contributed by atoms with E-state index < -0.39 is 0 Å². The molecule has 4 heteroatoms. The fourth-order valence-corrected chi connectivity index (χ4v) is 3.82. The van der Waals surface area contributed by atoms with Crippen molar-refractivity contribution in [3.63, 3.8) is 0 Å². The van der Waals surface area contributed by atoms with E-state index in [0.717, 1.165) is 17.7 Å². The molecule has 1 amide bonds. The van der Waals surface area contributed by atoms with Gasteiger partial charge in [0.2, 0.25) is 0 Å². The maximum absolute atomic E-state index is 13.6. The standard InChI is InChI=1S/C16H16FNOS/c1-18(10-12-5-2-3-7-13(12)17)16(19)15-9-11-6-4-8-14(11)20-15/h2-3,5,7,9H,4,6,8,10H2,1H3. The first kappa shape index (κ1) is 13.3. The zero-order valence-corrected chi connectivity index (χ0v) is 12.2. The van der Waals surface area contributed by atoms with E-state index in [-0.39, 0.29) is 11.7 Å². The number of rotatable bonds is 3. The van der Waals surface area contributed by atoms with Gasteiger partial charge in [-0.1, -0.05) is 18.2 Å². The third-order valence-electron chi connectivity index (χ3n) is 3.67. The van der Waals surface area contributed by atoms with Crippen molar-refractivity contribution in [3.8, 4) is 0 Å². The van der Waals surface area contributed by atoms with Crippen molar-refractivity contribution in [1.82, 2.24) is 4.90 Å². The number of nitrogens with zero attached hydrogens (tertiary/aromatic N) is 1. The number of hydrogen-bond donors (Lipinski definition) is 0. The smallest absolute Gasteiger partial charge is 0.263 e. The lowest BCUT2D eigenvalue weighted by Gasteiger charge is -2.16. The molecular weight excluding hydrogens is 273 g/mol. The minimum Gasteiger partial charge on any atom is -0.337 e. The van der Waals surface area contributed by atoms with Crippen LogP contribution in [0, 0.1) is 5.82 Å². The quantitative estimate of drug-likeness (QED) is 0.844. The summed E-state index contributed by atoms with van der Waals surface area (Å²) >= 11 is 1.59. The largest absolute Gasteiger partial charge is 0.337 e. The van der Waals surface area contributed by atoms with E-state index in [1.165, 1.54) is 22.9 Å². The van der Waals surface area contributed by atoms with E-state index in [2.05, 4.69) is 0 Å². The third-order valence-corrected chi connectivity index (χ3v) is 4.89. The molecule has 0 bridgehead atoms. The Morgan fingerprint density at radius 3 is 2.90 bits per heavy atom. The average molecular weight is 289 g/mol. The van der Waals surface area contributed by atoms with Crippen molar-refractivity contribution in [2.24, 2.45) is 0 Å². The number of halogens is 1. The lowest BCUT2D eigenvalue weighted by molar-refractivity contribution is 0.0788.